The summed E-state index contributed by atoms with van der Waals surface area (Å²) < 4.78 is 25.4. The van der Waals surface area contributed by atoms with E-state index in [0.717, 1.165) is 22.5 Å². The Morgan fingerprint density at radius 2 is 2.00 bits per heavy atom. The van der Waals surface area contributed by atoms with Crippen molar-refractivity contribution in [2.45, 2.75) is 44.9 Å². The van der Waals surface area contributed by atoms with Gasteiger partial charge in [-0.25, -0.2) is 17.7 Å². The predicted molar refractivity (Wildman–Crippen MR) is 105 cm³/mol. The number of piperidine rings is 1. The van der Waals surface area contributed by atoms with E-state index in [0.29, 0.717) is 31.8 Å². The summed E-state index contributed by atoms with van der Waals surface area (Å²) in [5, 5.41) is 2.98. The molecule has 146 valence electrons. The van der Waals surface area contributed by atoms with Gasteiger partial charge in [0.15, 0.2) is 0 Å². The van der Waals surface area contributed by atoms with Crippen LogP contribution < -0.4 is 5.32 Å². The van der Waals surface area contributed by atoms with E-state index in [-0.39, 0.29) is 17.6 Å². The SMILES string of the molecule is CCS(=O)(=O)N1CCC(C(=O)Nc2ccc3nc(C4CCC4)[nH]c3c2)CC1. The third kappa shape index (κ3) is 3.73. The molecule has 1 amide bonds. The number of nitrogens with one attached hydrogen (secondary N) is 2. The summed E-state index contributed by atoms with van der Waals surface area (Å²) in [6.07, 6.45) is 4.76. The minimum absolute atomic E-state index is 0.0402. The lowest BCUT2D eigenvalue weighted by molar-refractivity contribution is -0.120. The molecule has 4 rings (SSSR count). The number of aromatic nitrogens is 2. The number of nitrogens with zero attached hydrogens (tertiary/aromatic N) is 2. The number of hydrogen-bond donors (Lipinski definition) is 2. The first-order chi connectivity index (χ1) is 13.0. The fourth-order valence-corrected chi connectivity index (χ4v) is 4.94. The van der Waals surface area contributed by atoms with Gasteiger partial charge in [-0.2, -0.15) is 0 Å². The minimum atomic E-state index is -3.17. The van der Waals surface area contributed by atoms with E-state index in [9.17, 15) is 13.2 Å². The van der Waals surface area contributed by atoms with Gasteiger partial charge in [0.25, 0.3) is 0 Å². The number of amides is 1. The Bertz CT molecular complexity index is 941. The highest BCUT2D eigenvalue weighted by molar-refractivity contribution is 7.89. The summed E-state index contributed by atoms with van der Waals surface area (Å²) in [5.74, 6) is 1.50. The van der Waals surface area contributed by atoms with Crippen LogP contribution in [0.25, 0.3) is 11.0 Å². The van der Waals surface area contributed by atoms with Crippen molar-refractivity contribution in [3.63, 3.8) is 0 Å². The molecular formula is C19H26N4O3S. The highest BCUT2D eigenvalue weighted by Crippen LogP contribution is 2.35. The van der Waals surface area contributed by atoms with Crippen LogP contribution in [0.2, 0.25) is 0 Å². The number of H-pyrrole nitrogens is 1. The summed E-state index contributed by atoms with van der Waals surface area (Å²) in [6.45, 7) is 2.48. The number of sulfonamides is 1. The molecule has 1 aliphatic heterocycles. The molecule has 1 aromatic carbocycles. The fourth-order valence-electron chi connectivity index (χ4n) is 3.81. The monoisotopic (exact) mass is 390 g/mol. The third-order valence-electron chi connectivity index (χ3n) is 5.84. The Labute approximate surface area is 159 Å². The van der Waals surface area contributed by atoms with E-state index in [1.165, 1.54) is 23.6 Å². The van der Waals surface area contributed by atoms with Gasteiger partial charge in [0, 0.05) is 30.6 Å². The molecule has 2 N–H and O–H groups in total. The highest BCUT2D eigenvalue weighted by Gasteiger charge is 2.30. The Balaban J connectivity index is 1.39. The van der Waals surface area contributed by atoms with Crippen LogP contribution >= 0.6 is 0 Å². The lowest BCUT2D eigenvalue weighted by atomic mass is 9.85. The number of benzene rings is 1. The van der Waals surface area contributed by atoms with Crippen LogP contribution in [0.5, 0.6) is 0 Å². The maximum absolute atomic E-state index is 12.6. The van der Waals surface area contributed by atoms with E-state index in [4.69, 9.17) is 0 Å². The van der Waals surface area contributed by atoms with E-state index in [1.807, 2.05) is 18.2 Å². The zero-order valence-electron chi connectivity index (χ0n) is 15.6. The molecular weight excluding hydrogens is 364 g/mol. The number of fused-ring (bicyclic) bond motifs is 1. The van der Waals surface area contributed by atoms with Crippen LogP contribution in [0.3, 0.4) is 0 Å². The second-order valence-corrected chi connectivity index (χ2v) is 9.80. The summed E-state index contributed by atoms with van der Waals surface area (Å²) in [7, 11) is -3.17. The number of imidazole rings is 1. The molecule has 2 fully saturated rings. The van der Waals surface area contributed by atoms with Gasteiger partial charge in [-0.05, 0) is 50.8 Å². The van der Waals surface area contributed by atoms with Gasteiger partial charge in [-0.15, -0.1) is 0 Å². The molecule has 1 saturated heterocycles. The molecule has 0 unspecified atom stereocenters. The molecule has 1 saturated carbocycles. The maximum Gasteiger partial charge on any atom is 0.227 e. The Kier molecular flexibility index (Phi) is 4.94. The molecule has 0 radical (unpaired) electrons. The van der Waals surface area contributed by atoms with Gasteiger partial charge in [-0.1, -0.05) is 6.42 Å². The second kappa shape index (κ2) is 7.24. The number of anilines is 1. The van der Waals surface area contributed by atoms with E-state index in [2.05, 4.69) is 15.3 Å². The minimum Gasteiger partial charge on any atom is -0.342 e. The van der Waals surface area contributed by atoms with Crippen molar-refractivity contribution in [2.24, 2.45) is 5.92 Å². The normalized spacial score (nSPS) is 19.9. The molecule has 1 aliphatic carbocycles. The van der Waals surface area contributed by atoms with Crippen molar-refractivity contribution < 1.29 is 13.2 Å². The molecule has 0 spiro atoms. The first kappa shape index (κ1) is 18.4. The number of aromatic amines is 1. The first-order valence-corrected chi connectivity index (χ1v) is 11.4. The third-order valence-corrected chi connectivity index (χ3v) is 7.72. The number of carbonyl (C=O) groups is 1. The first-order valence-electron chi connectivity index (χ1n) is 9.74. The average Bonchev–Trinajstić information content (AvgIpc) is 3.02. The molecule has 0 bridgehead atoms. The summed E-state index contributed by atoms with van der Waals surface area (Å²) in [5.41, 5.74) is 2.62. The van der Waals surface area contributed by atoms with E-state index >= 15 is 0 Å². The van der Waals surface area contributed by atoms with Gasteiger partial charge >= 0.3 is 0 Å². The lowest BCUT2D eigenvalue weighted by Crippen LogP contribution is -2.42. The van der Waals surface area contributed by atoms with Crippen molar-refractivity contribution in [3.05, 3.63) is 24.0 Å². The fraction of sp³-hybridized carbons (Fsp3) is 0.579. The van der Waals surface area contributed by atoms with E-state index < -0.39 is 10.0 Å². The number of carbonyl (C=O) groups excluding carboxylic acids is 1. The molecule has 2 aliphatic rings. The van der Waals surface area contributed by atoms with Gasteiger partial charge in [-0.3, -0.25) is 4.79 Å². The van der Waals surface area contributed by atoms with Gasteiger partial charge < -0.3 is 10.3 Å². The van der Waals surface area contributed by atoms with Crippen molar-refractivity contribution in [3.8, 4) is 0 Å². The van der Waals surface area contributed by atoms with Crippen molar-refractivity contribution in [1.82, 2.24) is 14.3 Å². The Hall–Kier alpha value is -1.93. The quantitative estimate of drug-likeness (QED) is 0.821. The largest absolute Gasteiger partial charge is 0.342 e. The van der Waals surface area contributed by atoms with Crippen LogP contribution in [0.15, 0.2) is 18.2 Å². The van der Waals surface area contributed by atoms with Crippen LogP contribution in [0.1, 0.15) is 50.8 Å². The molecule has 7 nitrogen and oxygen atoms in total. The average molecular weight is 391 g/mol. The lowest BCUT2D eigenvalue weighted by Gasteiger charge is -2.30. The van der Waals surface area contributed by atoms with Crippen molar-refractivity contribution >= 4 is 32.7 Å². The van der Waals surface area contributed by atoms with Crippen molar-refractivity contribution in [2.75, 3.05) is 24.2 Å². The van der Waals surface area contributed by atoms with Crippen LogP contribution in [0.4, 0.5) is 5.69 Å². The summed E-state index contributed by atoms with van der Waals surface area (Å²) in [6, 6.07) is 5.74. The molecule has 2 aromatic rings. The van der Waals surface area contributed by atoms with E-state index in [1.54, 1.807) is 6.92 Å². The zero-order chi connectivity index (χ0) is 19.0. The smallest absolute Gasteiger partial charge is 0.227 e. The maximum atomic E-state index is 12.6. The van der Waals surface area contributed by atoms with Gasteiger partial charge in [0.05, 0.1) is 16.8 Å². The predicted octanol–water partition coefficient (Wildman–Crippen LogP) is 2.83. The molecule has 2 heterocycles. The van der Waals surface area contributed by atoms with Crippen molar-refractivity contribution in [1.29, 1.82) is 0 Å². The highest BCUT2D eigenvalue weighted by atomic mass is 32.2. The van der Waals surface area contributed by atoms with Gasteiger partial charge in [0.2, 0.25) is 15.9 Å². The van der Waals surface area contributed by atoms with Crippen LogP contribution in [-0.2, 0) is 14.8 Å². The number of hydrogen-bond acceptors (Lipinski definition) is 4. The van der Waals surface area contributed by atoms with Crippen LogP contribution in [0, 0.1) is 5.92 Å². The molecule has 27 heavy (non-hydrogen) atoms. The Morgan fingerprint density at radius 1 is 1.26 bits per heavy atom. The second-order valence-electron chi connectivity index (χ2n) is 7.54. The molecule has 1 aromatic heterocycles. The van der Waals surface area contributed by atoms with Gasteiger partial charge in [0.1, 0.15) is 5.82 Å². The van der Waals surface area contributed by atoms with Crippen LogP contribution in [-0.4, -0.2) is 47.4 Å². The standard InChI is InChI=1S/C19H26N4O3S/c1-2-27(25,26)23-10-8-14(9-11-23)19(24)20-15-6-7-16-17(12-15)22-18(21-16)13-4-3-5-13/h6-7,12-14H,2-5,8-11H2,1H3,(H,20,24)(H,21,22). The number of rotatable bonds is 5. The molecule has 0 atom stereocenters. The summed E-state index contributed by atoms with van der Waals surface area (Å²) in [4.78, 5) is 20.6. The topological polar surface area (TPSA) is 95.2 Å². The Morgan fingerprint density at radius 3 is 2.63 bits per heavy atom. The zero-order valence-corrected chi connectivity index (χ0v) is 16.4. The molecule has 8 heteroatoms. The summed E-state index contributed by atoms with van der Waals surface area (Å²) >= 11 is 0.